The molecule has 0 saturated carbocycles. The van der Waals surface area contributed by atoms with Gasteiger partial charge in [0.05, 0.1) is 11.0 Å². The first-order chi connectivity index (χ1) is 25.3. The van der Waals surface area contributed by atoms with Gasteiger partial charge in [0.15, 0.2) is 0 Å². The van der Waals surface area contributed by atoms with Crippen molar-refractivity contribution in [2.24, 2.45) is 5.92 Å². The molecule has 0 N–H and O–H groups in total. The van der Waals surface area contributed by atoms with E-state index < -0.39 is 0 Å². The van der Waals surface area contributed by atoms with E-state index in [4.69, 9.17) is 4.42 Å². The summed E-state index contributed by atoms with van der Waals surface area (Å²) in [6, 6.07) is 53.5. The molecule has 8 aromatic rings. The number of nitrogens with zero attached hydrogens (tertiary/aromatic N) is 2. The van der Waals surface area contributed by atoms with E-state index in [-0.39, 0.29) is 0 Å². The maximum Gasteiger partial charge on any atom is 0.135 e. The highest BCUT2D eigenvalue weighted by Crippen LogP contribution is 2.52. The summed E-state index contributed by atoms with van der Waals surface area (Å²) in [5.74, 6) is 1.89. The lowest BCUT2D eigenvalue weighted by Crippen LogP contribution is -2.33. The van der Waals surface area contributed by atoms with Crippen molar-refractivity contribution in [2.45, 2.75) is 31.2 Å². The molecule has 3 nitrogen and oxygen atoms in total. The first-order valence-corrected chi connectivity index (χ1v) is 18.2. The van der Waals surface area contributed by atoms with Gasteiger partial charge in [-0.3, -0.25) is 0 Å². The Kier molecular flexibility index (Phi) is 6.33. The number of para-hydroxylation sites is 4. The molecule has 0 amide bonds. The number of aromatic nitrogens is 1. The lowest BCUT2D eigenvalue weighted by molar-refractivity contribution is 0.500. The Bertz CT molecular complexity index is 2690. The Hall–Kier alpha value is -6.06. The van der Waals surface area contributed by atoms with Gasteiger partial charge in [0.25, 0.3) is 0 Å². The molecule has 1 aliphatic heterocycles. The second-order valence-electron chi connectivity index (χ2n) is 14.4. The van der Waals surface area contributed by atoms with Crippen molar-refractivity contribution >= 4 is 50.2 Å². The van der Waals surface area contributed by atoms with E-state index in [0.717, 1.165) is 30.6 Å². The first-order valence-electron chi connectivity index (χ1n) is 18.2. The molecule has 244 valence electrons. The number of anilines is 2. The van der Waals surface area contributed by atoms with Crippen LogP contribution in [0.5, 0.6) is 0 Å². The van der Waals surface area contributed by atoms with Gasteiger partial charge in [-0.1, -0.05) is 109 Å². The smallest absolute Gasteiger partial charge is 0.135 e. The summed E-state index contributed by atoms with van der Waals surface area (Å²) in [5.41, 5.74) is 14.0. The van der Waals surface area contributed by atoms with Crippen molar-refractivity contribution in [3.05, 3.63) is 180 Å². The molecule has 3 atom stereocenters. The third-order valence-electron chi connectivity index (χ3n) is 11.7. The van der Waals surface area contributed by atoms with Gasteiger partial charge in [-0.2, -0.15) is 0 Å². The summed E-state index contributed by atoms with van der Waals surface area (Å²) in [4.78, 5) is 2.61. The first kappa shape index (κ1) is 28.7. The fraction of sp³-hybridized carbons (Fsp3) is 0.125. The zero-order valence-corrected chi connectivity index (χ0v) is 28.2. The predicted molar refractivity (Wildman–Crippen MR) is 211 cm³/mol. The van der Waals surface area contributed by atoms with Crippen LogP contribution in [0.4, 0.5) is 11.4 Å². The zero-order chi connectivity index (χ0) is 33.5. The number of fused-ring (bicyclic) bond motifs is 9. The highest BCUT2D eigenvalue weighted by Gasteiger charge is 2.41. The van der Waals surface area contributed by atoms with E-state index in [9.17, 15) is 0 Å². The number of hydrogen-bond acceptors (Lipinski definition) is 2. The molecule has 0 fully saturated rings. The highest BCUT2D eigenvalue weighted by molar-refractivity contribution is 6.10. The topological polar surface area (TPSA) is 21.3 Å². The van der Waals surface area contributed by atoms with Crippen molar-refractivity contribution in [2.75, 3.05) is 4.90 Å². The number of hydrogen-bond donors (Lipinski definition) is 0. The number of rotatable bonds is 4. The Morgan fingerprint density at radius 1 is 0.588 bits per heavy atom. The second kappa shape index (κ2) is 11.2. The van der Waals surface area contributed by atoms with E-state index in [2.05, 4.69) is 173 Å². The van der Waals surface area contributed by atoms with Crippen molar-refractivity contribution < 1.29 is 4.42 Å². The molecule has 11 rings (SSSR count). The van der Waals surface area contributed by atoms with Gasteiger partial charge in [-0.15, -0.1) is 0 Å². The fourth-order valence-corrected chi connectivity index (χ4v) is 9.37. The monoisotopic (exact) mass is 656 g/mol. The van der Waals surface area contributed by atoms with E-state index >= 15 is 0 Å². The quantitative estimate of drug-likeness (QED) is 0.176. The molecule has 2 aliphatic carbocycles. The third-order valence-corrected chi connectivity index (χ3v) is 11.7. The van der Waals surface area contributed by atoms with Gasteiger partial charge in [0.2, 0.25) is 0 Å². The van der Waals surface area contributed by atoms with E-state index in [1.54, 1.807) is 5.57 Å². The van der Waals surface area contributed by atoms with Crippen molar-refractivity contribution in [3.8, 4) is 16.8 Å². The molecule has 0 spiro atoms. The standard InChI is InChI=1S/C48H36N2O/c1-3-11-35(12-4-1)49-43-17-9-7-15-37(43)39-23-19-33(29-45(39)49)31-21-25-47-41(27-31)42-28-32(22-26-48(42)51-47)34-20-24-40-38-16-8-10-18-44(38)50(46(40)30-34)36-13-5-2-6-14-36/h1-23,25-27,29,32,40,46H,24,28,30H2. The minimum Gasteiger partial charge on any atom is -0.456 e. The number of allylic oxidation sites excluding steroid dienone is 2. The molecule has 51 heavy (non-hydrogen) atoms. The third kappa shape index (κ3) is 4.44. The molecule has 3 heteroatoms. The maximum atomic E-state index is 6.47. The summed E-state index contributed by atoms with van der Waals surface area (Å²) in [5, 5.41) is 3.78. The molecule has 3 unspecified atom stereocenters. The number of benzene rings is 6. The Balaban J connectivity index is 0.946. The van der Waals surface area contributed by atoms with Crippen molar-refractivity contribution in [3.63, 3.8) is 0 Å². The van der Waals surface area contributed by atoms with Crippen LogP contribution < -0.4 is 4.90 Å². The summed E-state index contributed by atoms with van der Waals surface area (Å²) in [7, 11) is 0. The van der Waals surface area contributed by atoms with Crippen LogP contribution in [0.2, 0.25) is 0 Å². The molecular weight excluding hydrogens is 621 g/mol. The number of furan rings is 1. The van der Waals surface area contributed by atoms with E-state index in [1.807, 2.05) is 0 Å². The lowest BCUT2D eigenvalue weighted by atomic mass is 9.76. The van der Waals surface area contributed by atoms with Gasteiger partial charge in [-0.05, 0) is 96.6 Å². The van der Waals surface area contributed by atoms with Crippen molar-refractivity contribution in [1.29, 1.82) is 0 Å². The molecule has 6 aromatic carbocycles. The van der Waals surface area contributed by atoms with E-state index in [1.165, 1.54) is 66.5 Å². The molecular formula is C48H36N2O. The molecule has 2 aromatic heterocycles. The summed E-state index contributed by atoms with van der Waals surface area (Å²) < 4.78 is 8.87. The Morgan fingerprint density at radius 3 is 2.20 bits per heavy atom. The van der Waals surface area contributed by atoms with Crippen LogP contribution in [0.3, 0.4) is 0 Å². The minimum atomic E-state index is 0.363. The molecule has 3 heterocycles. The van der Waals surface area contributed by atoms with Crippen LogP contribution in [0.15, 0.2) is 168 Å². The van der Waals surface area contributed by atoms with Gasteiger partial charge in [0, 0.05) is 56.7 Å². The van der Waals surface area contributed by atoms with Crippen LogP contribution in [0.1, 0.15) is 35.6 Å². The van der Waals surface area contributed by atoms with Crippen LogP contribution in [0, 0.1) is 5.92 Å². The van der Waals surface area contributed by atoms with Gasteiger partial charge in [0.1, 0.15) is 11.3 Å². The normalized spacial score (nSPS) is 19.3. The molecule has 3 aliphatic rings. The average Bonchev–Trinajstić information content (AvgIpc) is 3.85. The van der Waals surface area contributed by atoms with Crippen LogP contribution >= 0.6 is 0 Å². The zero-order valence-electron chi connectivity index (χ0n) is 28.2. The van der Waals surface area contributed by atoms with E-state index in [0.29, 0.717) is 17.9 Å². The summed E-state index contributed by atoms with van der Waals surface area (Å²) in [6.07, 6.45) is 10.3. The largest absolute Gasteiger partial charge is 0.456 e. The predicted octanol–water partition coefficient (Wildman–Crippen LogP) is 12.4. The fourth-order valence-electron chi connectivity index (χ4n) is 9.37. The lowest BCUT2D eigenvalue weighted by Gasteiger charge is -2.36. The summed E-state index contributed by atoms with van der Waals surface area (Å²) in [6.45, 7) is 0. The van der Waals surface area contributed by atoms with Crippen LogP contribution in [0.25, 0.3) is 55.7 Å². The van der Waals surface area contributed by atoms with Crippen LogP contribution in [-0.4, -0.2) is 10.6 Å². The SMILES string of the molecule is C1=CC(C2=CCC3c4ccccc4N(c4ccccc4)C3C2)Cc2c1oc1ccc(-c3ccc4c5ccccc5n(-c5ccccc5)c4c3)cc21. The Morgan fingerprint density at radius 2 is 1.31 bits per heavy atom. The second-order valence-corrected chi connectivity index (χ2v) is 14.4. The minimum absolute atomic E-state index is 0.363. The van der Waals surface area contributed by atoms with Gasteiger partial charge >= 0.3 is 0 Å². The van der Waals surface area contributed by atoms with Gasteiger partial charge in [-0.25, -0.2) is 0 Å². The van der Waals surface area contributed by atoms with Gasteiger partial charge < -0.3 is 13.9 Å². The molecule has 0 bridgehead atoms. The Labute approximate surface area is 297 Å². The van der Waals surface area contributed by atoms with Crippen LogP contribution in [-0.2, 0) is 6.42 Å². The molecule has 0 saturated heterocycles. The maximum absolute atomic E-state index is 6.47. The average molecular weight is 657 g/mol. The van der Waals surface area contributed by atoms with Crippen molar-refractivity contribution in [1.82, 2.24) is 4.57 Å². The highest BCUT2D eigenvalue weighted by atomic mass is 16.3. The summed E-state index contributed by atoms with van der Waals surface area (Å²) >= 11 is 0. The molecule has 0 radical (unpaired) electrons.